The van der Waals surface area contributed by atoms with Crippen molar-refractivity contribution in [2.45, 2.75) is 56.1 Å². The summed E-state index contributed by atoms with van der Waals surface area (Å²) in [5.74, 6) is 1.56. The van der Waals surface area contributed by atoms with Gasteiger partial charge in [0.2, 0.25) is 5.91 Å². The first-order valence-corrected chi connectivity index (χ1v) is 10.6. The van der Waals surface area contributed by atoms with E-state index in [0.29, 0.717) is 11.8 Å². The van der Waals surface area contributed by atoms with Gasteiger partial charge < -0.3 is 4.90 Å². The Balaban J connectivity index is 1.57. The Labute approximate surface area is 158 Å². The number of rotatable bonds is 5. The number of likely N-dealkylation sites (tertiary alicyclic amines) is 1. The number of hydrogen-bond donors (Lipinski definition) is 0. The van der Waals surface area contributed by atoms with Crippen molar-refractivity contribution in [3.05, 3.63) is 24.5 Å². The second-order valence-corrected chi connectivity index (χ2v) is 8.02. The predicted molar refractivity (Wildman–Crippen MR) is 102 cm³/mol. The van der Waals surface area contributed by atoms with Crippen LogP contribution >= 0.6 is 11.8 Å². The van der Waals surface area contributed by atoms with Gasteiger partial charge in [0, 0.05) is 37.1 Å². The molecular formula is C19H25N5OS. The van der Waals surface area contributed by atoms with Gasteiger partial charge in [-0.05, 0) is 37.8 Å². The van der Waals surface area contributed by atoms with Gasteiger partial charge in [-0.25, -0.2) is 0 Å². The minimum Gasteiger partial charge on any atom is -0.342 e. The van der Waals surface area contributed by atoms with Crippen LogP contribution in [0.15, 0.2) is 29.7 Å². The molecular weight excluding hydrogens is 346 g/mol. The van der Waals surface area contributed by atoms with Crippen LogP contribution < -0.4 is 0 Å². The maximum Gasteiger partial charge on any atom is 0.233 e. The topological polar surface area (TPSA) is 63.9 Å². The predicted octanol–water partition coefficient (Wildman–Crippen LogP) is 3.56. The Bertz CT molecular complexity index is 736. The smallest absolute Gasteiger partial charge is 0.233 e. The molecule has 2 aliphatic rings. The average Bonchev–Trinajstić information content (AvgIpc) is 3.37. The van der Waals surface area contributed by atoms with Gasteiger partial charge in [-0.1, -0.05) is 31.0 Å². The second-order valence-electron chi connectivity index (χ2n) is 7.08. The molecule has 1 aliphatic heterocycles. The minimum atomic E-state index is 0.219. The number of carbonyl (C=O) groups is 1. The van der Waals surface area contributed by atoms with E-state index in [1.165, 1.54) is 31.0 Å². The van der Waals surface area contributed by atoms with E-state index in [4.69, 9.17) is 0 Å². The first-order valence-electron chi connectivity index (χ1n) is 9.59. The van der Waals surface area contributed by atoms with Gasteiger partial charge in [0.1, 0.15) is 0 Å². The molecule has 26 heavy (non-hydrogen) atoms. The summed E-state index contributed by atoms with van der Waals surface area (Å²) in [6.45, 7) is 1.80. The van der Waals surface area contributed by atoms with Crippen molar-refractivity contribution in [2.24, 2.45) is 0 Å². The molecule has 0 spiro atoms. The van der Waals surface area contributed by atoms with Crippen LogP contribution in [0.5, 0.6) is 0 Å². The molecule has 4 rings (SSSR count). The molecule has 0 atom stereocenters. The Kier molecular flexibility index (Phi) is 5.53. The summed E-state index contributed by atoms with van der Waals surface area (Å²) in [7, 11) is 0. The Morgan fingerprint density at radius 2 is 1.77 bits per heavy atom. The van der Waals surface area contributed by atoms with E-state index in [0.717, 1.165) is 55.3 Å². The Hall–Kier alpha value is -1.89. The van der Waals surface area contributed by atoms with Gasteiger partial charge in [-0.3, -0.25) is 14.3 Å². The Morgan fingerprint density at radius 1 is 1.04 bits per heavy atom. The van der Waals surface area contributed by atoms with Gasteiger partial charge in [-0.15, -0.1) is 10.2 Å². The van der Waals surface area contributed by atoms with Crippen LogP contribution in [-0.4, -0.2) is 49.4 Å². The monoisotopic (exact) mass is 371 g/mol. The van der Waals surface area contributed by atoms with Crippen LogP contribution in [0.2, 0.25) is 0 Å². The summed E-state index contributed by atoms with van der Waals surface area (Å²) in [5, 5.41) is 9.80. The summed E-state index contributed by atoms with van der Waals surface area (Å²) >= 11 is 1.53. The molecule has 1 saturated heterocycles. The summed E-state index contributed by atoms with van der Waals surface area (Å²) in [6, 6.07) is 4.38. The summed E-state index contributed by atoms with van der Waals surface area (Å²) in [5.41, 5.74) is 1.04. The van der Waals surface area contributed by atoms with Crippen molar-refractivity contribution < 1.29 is 4.79 Å². The van der Waals surface area contributed by atoms with Gasteiger partial charge in [-0.2, -0.15) is 0 Å². The fourth-order valence-electron chi connectivity index (χ4n) is 3.93. The van der Waals surface area contributed by atoms with Crippen LogP contribution in [0.1, 0.15) is 51.0 Å². The normalized spacial score (nSPS) is 18.4. The summed E-state index contributed by atoms with van der Waals surface area (Å²) < 4.78 is 2.27. The van der Waals surface area contributed by atoms with Gasteiger partial charge >= 0.3 is 0 Å². The highest BCUT2D eigenvalue weighted by molar-refractivity contribution is 7.99. The van der Waals surface area contributed by atoms with Crippen molar-refractivity contribution in [2.75, 3.05) is 18.8 Å². The highest BCUT2D eigenvalue weighted by atomic mass is 32.2. The van der Waals surface area contributed by atoms with Crippen LogP contribution in [0.25, 0.3) is 11.4 Å². The lowest BCUT2D eigenvalue weighted by Crippen LogP contribution is -2.29. The lowest BCUT2D eigenvalue weighted by atomic mass is 9.95. The summed E-state index contributed by atoms with van der Waals surface area (Å²) in [4.78, 5) is 18.5. The highest BCUT2D eigenvalue weighted by Crippen LogP contribution is 2.35. The van der Waals surface area contributed by atoms with Crippen molar-refractivity contribution in [3.63, 3.8) is 0 Å². The van der Waals surface area contributed by atoms with Crippen molar-refractivity contribution in [1.29, 1.82) is 0 Å². The van der Waals surface area contributed by atoms with Crippen molar-refractivity contribution in [3.8, 4) is 11.4 Å². The first kappa shape index (κ1) is 17.5. The molecule has 0 radical (unpaired) electrons. The van der Waals surface area contributed by atoms with Crippen LogP contribution in [-0.2, 0) is 4.79 Å². The molecule has 0 N–H and O–H groups in total. The number of thioether (sulfide) groups is 1. The number of hydrogen-bond acceptors (Lipinski definition) is 5. The Morgan fingerprint density at radius 3 is 2.50 bits per heavy atom. The average molecular weight is 372 g/mol. The zero-order valence-corrected chi connectivity index (χ0v) is 15.8. The summed E-state index contributed by atoms with van der Waals surface area (Å²) in [6.07, 6.45) is 11.9. The number of carbonyl (C=O) groups excluding carboxylic acids is 1. The van der Waals surface area contributed by atoms with E-state index in [1.54, 1.807) is 12.4 Å². The van der Waals surface area contributed by atoms with Gasteiger partial charge in [0.05, 0.1) is 5.75 Å². The lowest BCUT2D eigenvalue weighted by molar-refractivity contribution is -0.127. The van der Waals surface area contributed by atoms with E-state index in [-0.39, 0.29) is 5.91 Å². The highest BCUT2D eigenvalue weighted by Gasteiger charge is 2.25. The maximum atomic E-state index is 12.4. The largest absolute Gasteiger partial charge is 0.342 e. The van der Waals surface area contributed by atoms with E-state index >= 15 is 0 Å². The molecule has 1 amide bonds. The fraction of sp³-hybridized carbons (Fsp3) is 0.579. The number of pyridine rings is 1. The molecule has 0 unspecified atom stereocenters. The second kappa shape index (κ2) is 8.20. The molecule has 0 aromatic carbocycles. The SMILES string of the molecule is O=C(CSc1nnc(-c2ccncc2)n1C1CCCCC1)N1CCCC1. The first-order chi connectivity index (χ1) is 12.8. The number of nitrogens with zero attached hydrogens (tertiary/aromatic N) is 5. The molecule has 138 valence electrons. The van der Waals surface area contributed by atoms with Crippen LogP contribution in [0, 0.1) is 0 Å². The standard InChI is InChI=1S/C19H25N5OS/c25-17(23-12-4-5-13-23)14-26-19-22-21-18(15-8-10-20-11-9-15)24(19)16-6-2-1-3-7-16/h8-11,16H,1-7,12-14H2. The molecule has 7 heteroatoms. The lowest BCUT2D eigenvalue weighted by Gasteiger charge is -2.25. The molecule has 6 nitrogen and oxygen atoms in total. The zero-order valence-electron chi connectivity index (χ0n) is 15.0. The van der Waals surface area contributed by atoms with E-state index in [1.807, 2.05) is 17.0 Å². The van der Waals surface area contributed by atoms with Gasteiger partial charge in [0.25, 0.3) is 0 Å². The zero-order chi connectivity index (χ0) is 17.8. The fourth-order valence-corrected chi connectivity index (χ4v) is 4.83. The van der Waals surface area contributed by atoms with E-state index in [9.17, 15) is 4.79 Å². The third kappa shape index (κ3) is 3.77. The molecule has 2 aromatic rings. The minimum absolute atomic E-state index is 0.219. The van der Waals surface area contributed by atoms with E-state index < -0.39 is 0 Å². The maximum absolute atomic E-state index is 12.4. The molecule has 0 bridgehead atoms. The quantitative estimate of drug-likeness (QED) is 0.752. The molecule has 1 aliphatic carbocycles. The van der Waals surface area contributed by atoms with Crippen LogP contribution in [0.4, 0.5) is 0 Å². The van der Waals surface area contributed by atoms with E-state index in [2.05, 4.69) is 19.7 Å². The molecule has 2 fully saturated rings. The van der Waals surface area contributed by atoms with Gasteiger partial charge in [0.15, 0.2) is 11.0 Å². The number of amides is 1. The molecule has 3 heterocycles. The third-order valence-corrected chi connectivity index (χ3v) is 6.25. The third-order valence-electron chi connectivity index (χ3n) is 5.33. The molecule has 1 saturated carbocycles. The van der Waals surface area contributed by atoms with Crippen molar-refractivity contribution >= 4 is 17.7 Å². The molecule has 2 aromatic heterocycles. The number of aromatic nitrogens is 4. The van der Waals surface area contributed by atoms with Crippen molar-refractivity contribution in [1.82, 2.24) is 24.6 Å². The van der Waals surface area contributed by atoms with Crippen LogP contribution in [0.3, 0.4) is 0 Å².